The van der Waals surface area contributed by atoms with Gasteiger partial charge in [0, 0.05) is 12.6 Å². The quantitative estimate of drug-likeness (QED) is 0.675. The number of likely N-dealkylation sites (tertiary alicyclic amines) is 1. The van der Waals surface area contributed by atoms with Crippen LogP contribution < -0.4 is 0 Å². The first kappa shape index (κ1) is 9.52. The van der Waals surface area contributed by atoms with Crippen molar-refractivity contribution in [3.05, 3.63) is 0 Å². The zero-order valence-electron chi connectivity index (χ0n) is 7.95. The molecule has 0 saturated carbocycles. The van der Waals surface area contributed by atoms with E-state index in [1.54, 1.807) is 0 Å². The number of carbonyl (C=O) groups is 1. The summed E-state index contributed by atoms with van der Waals surface area (Å²) in [5.41, 5.74) is 0. The maximum Gasteiger partial charge on any atom is 0.308 e. The van der Waals surface area contributed by atoms with Gasteiger partial charge in [-0.3, -0.25) is 4.79 Å². The zero-order chi connectivity index (χ0) is 9.30. The van der Waals surface area contributed by atoms with Crippen molar-refractivity contribution in [3.63, 3.8) is 0 Å². The van der Waals surface area contributed by atoms with Crippen LogP contribution in [0.3, 0.4) is 0 Å². The summed E-state index contributed by atoms with van der Waals surface area (Å²) in [6.07, 6.45) is 0.928. The Morgan fingerprint density at radius 2 is 2.25 bits per heavy atom. The van der Waals surface area contributed by atoms with E-state index in [2.05, 4.69) is 11.8 Å². The van der Waals surface area contributed by atoms with Gasteiger partial charge in [0.2, 0.25) is 0 Å². The van der Waals surface area contributed by atoms with Gasteiger partial charge in [0.25, 0.3) is 0 Å². The Balaban J connectivity index is 2.75. The van der Waals surface area contributed by atoms with E-state index in [1.165, 1.54) is 0 Å². The molecular weight excluding hydrogens is 154 g/mol. The molecule has 1 rings (SSSR count). The smallest absolute Gasteiger partial charge is 0.308 e. The summed E-state index contributed by atoms with van der Waals surface area (Å²) in [5, 5.41) is 8.98. The summed E-state index contributed by atoms with van der Waals surface area (Å²) in [5.74, 6) is -0.517. The monoisotopic (exact) mass is 171 g/mol. The lowest BCUT2D eigenvalue weighted by molar-refractivity contribution is -0.143. The number of rotatable bonds is 2. The number of hydrogen-bond acceptors (Lipinski definition) is 2. The molecular formula is C9H17NO2. The van der Waals surface area contributed by atoms with Crippen molar-refractivity contribution in [1.29, 1.82) is 0 Å². The lowest BCUT2D eigenvalue weighted by atomic mass is 9.91. The van der Waals surface area contributed by atoms with Crippen LogP contribution in [0, 0.1) is 11.8 Å². The third kappa shape index (κ3) is 1.46. The first-order valence-corrected chi connectivity index (χ1v) is 4.51. The molecule has 0 bridgehead atoms. The van der Waals surface area contributed by atoms with Crippen molar-refractivity contribution in [2.45, 2.75) is 26.3 Å². The maximum atomic E-state index is 10.9. The van der Waals surface area contributed by atoms with Crippen molar-refractivity contribution < 1.29 is 9.90 Å². The molecule has 1 N–H and O–H groups in total. The fraction of sp³-hybridized carbons (Fsp3) is 0.889. The predicted octanol–water partition coefficient (Wildman–Crippen LogP) is 1.05. The average molecular weight is 171 g/mol. The topological polar surface area (TPSA) is 40.5 Å². The van der Waals surface area contributed by atoms with E-state index in [9.17, 15) is 4.79 Å². The largest absolute Gasteiger partial charge is 0.481 e. The number of nitrogens with zero attached hydrogens (tertiary/aromatic N) is 1. The van der Waals surface area contributed by atoms with Gasteiger partial charge in [-0.1, -0.05) is 13.8 Å². The maximum absolute atomic E-state index is 10.9. The Morgan fingerprint density at radius 1 is 1.67 bits per heavy atom. The minimum Gasteiger partial charge on any atom is -0.481 e. The molecule has 3 heteroatoms. The summed E-state index contributed by atoms with van der Waals surface area (Å²) in [6.45, 7) is 4.98. The molecule has 1 heterocycles. The number of carboxylic acids is 1. The lowest BCUT2D eigenvalue weighted by Gasteiger charge is -2.20. The van der Waals surface area contributed by atoms with Gasteiger partial charge < -0.3 is 10.0 Å². The number of aliphatic carboxylic acids is 1. The Hall–Kier alpha value is -0.570. The third-order valence-electron chi connectivity index (χ3n) is 2.87. The molecule has 3 unspecified atom stereocenters. The molecule has 0 spiro atoms. The lowest BCUT2D eigenvalue weighted by Crippen LogP contribution is -2.32. The molecule has 3 atom stereocenters. The van der Waals surface area contributed by atoms with Crippen LogP contribution in [0.15, 0.2) is 0 Å². The van der Waals surface area contributed by atoms with Crippen LogP contribution in [0.25, 0.3) is 0 Å². The zero-order valence-corrected chi connectivity index (χ0v) is 7.95. The fourth-order valence-corrected chi connectivity index (χ4v) is 2.33. The van der Waals surface area contributed by atoms with Gasteiger partial charge in [-0.2, -0.15) is 0 Å². The minimum atomic E-state index is -0.640. The highest BCUT2D eigenvalue weighted by Crippen LogP contribution is 2.30. The molecule has 1 fully saturated rings. The van der Waals surface area contributed by atoms with Gasteiger partial charge in [0.1, 0.15) is 0 Å². The SMILES string of the molecule is CCC1C(C(=O)O)C(C)CN1C. The van der Waals surface area contributed by atoms with Gasteiger partial charge >= 0.3 is 5.97 Å². The molecule has 70 valence electrons. The highest BCUT2D eigenvalue weighted by atomic mass is 16.4. The second kappa shape index (κ2) is 3.44. The Kier molecular flexibility index (Phi) is 2.73. The fourth-order valence-electron chi connectivity index (χ4n) is 2.33. The summed E-state index contributed by atoms with van der Waals surface area (Å²) < 4.78 is 0. The van der Waals surface area contributed by atoms with Crippen LogP contribution in [0.4, 0.5) is 0 Å². The Bertz CT molecular complexity index is 181. The molecule has 0 aliphatic carbocycles. The normalized spacial score (nSPS) is 37.1. The van der Waals surface area contributed by atoms with E-state index in [1.807, 2.05) is 14.0 Å². The highest BCUT2D eigenvalue weighted by molar-refractivity contribution is 5.71. The Morgan fingerprint density at radius 3 is 2.58 bits per heavy atom. The van der Waals surface area contributed by atoms with Crippen LogP contribution in [0.2, 0.25) is 0 Å². The van der Waals surface area contributed by atoms with E-state index in [0.717, 1.165) is 13.0 Å². The van der Waals surface area contributed by atoms with Gasteiger partial charge in [-0.25, -0.2) is 0 Å². The molecule has 1 aliphatic heterocycles. The van der Waals surface area contributed by atoms with Crippen molar-refractivity contribution in [3.8, 4) is 0 Å². The summed E-state index contributed by atoms with van der Waals surface area (Å²) >= 11 is 0. The van der Waals surface area contributed by atoms with Crippen molar-refractivity contribution >= 4 is 5.97 Å². The molecule has 1 saturated heterocycles. The molecule has 0 radical (unpaired) electrons. The molecule has 3 nitrogen and oxygen atoms in total. The first-order valence-electron chi connectivity index (χ1n) is 4.51. The second-order valence-corrected chi connectivity index (χ2v) is 3.76. The van der Waals surface area contributed by atoms with E-state index >= 15 is 0 Å². The summed E-state index contributed by atoms with van der Waals surface area (Å²) in [6, 6.07) is 0.234. The van der Waals surface area contributed by atoms with Gasteiger partial charge in [-0.15, -0.1) is 0 Å². The molecule has 1 aliphatic rings. The molecule has 12 heavy (non-hydrogen) atoms. The van der Waals surface area contributed by atoms with Gasteiger partial charge in [0.05, 0.1) is 5.92 Å². The van der Waals surface area contributed by atoms with Gasteiger partial charge in [-0.05, 0) is 19.4 Å². The first-order chi connectivity index (χ1) is 5.57. The summed E-state index contributed by atoms with van der Waals surface area (Å²) in [7, 11) is 2.01. The van der Waals surface area contributed by atoms with E-state index < -0.39 is 5.97 Å². The van der Waals surface area contributed by atoms with Crippen LogP contribution in [0.1, 0.15) is 20.3 Å². The van der Waals surface area contributed by atoms with Crippen LogP contribution in [-0.4, -0.2) is 35.6 Å². The van der Waals surface area contributed by atoms with Gasteiger partial charge in [0.15, 0.2) is 0 Å². The number of carboxylic acid groups (broad SMARTS) is 1. The van der Waals surface area contributed by atoms with Crippen LogP contribution in [0.5, 0.6) is 0 Å². The molecule has 0 aromatic rings. The second-order valence-electron chi connectivity index (χ2n) is 3.76. The summed E-state index contributed by atoms with van der Waals surface area (Å²) in [4.78, 5) is 13.1. The van der Waals surface area contributed by atoms with E-state index in [-0.39, 0.29) is 17.9 Å². The van der Waals surface area contributed by atoms with Crippen LogP contribution >= 0.6 is 0 Å². The van der Waals surface area contributed by atoms with E-state index in [0.29, 0.717) is 0 Å². The Labute approximate surface area is 73.4 Å². The third-order valence-corrected chi connectivity index (χ3v) is 2.87. The molecule has 0 aromatic carbocycles. The molecule has 0 amide bonds. The van der Waals surface area contributed by atoms with Crippen molar-refractivity contribution in [1.82, 2.24) is 4.90 Å². The standard InChI is InChI=1S/C9H17NO2/c1-4-7-8(9(11)12)6(2)5-10(7)3/h6-8H,4-5H2,1-3H3,(H,11,12). The highest BCUT2D eigenvalue weighted by Gasteiger charge is 2.40. The predicted molar refractivity (Wildman–Crippen MR) is 47.0 cm³/mol. The molecule has 0 aromatic heterocycles. The van der Waals surface area contributed by atoms with E-state index in [4.69, 9.17) is 5.11 Å². The van der Waals surface area contributed by atoms with Crippen LogP contribution in [-0.2, 0) is 4.79 Å². The average Bonchev–Trinajstić information content (AvgIpc) is 2.24. The minimum absolute atomic E-state index is 0.167. The number of hydrogen-bond donors (Lipinski definition) is 1. The van der Waals surface area contributed by atoms with Crippen molar-refractivity contribution in [2.24, 2.45) is 11.8 Å². The van der Waals surface area contributed by atoms with Crippen molar-refractivity contribution in [2.75, 3.05) is 13.6 Å².